The van der Waals surface area contributed by atoms with Crippen molar-refractivity contribution in [1.29, 1.82) is 0 Å². The topological polar surface area (TPSA) is 35.6 Å². The molecule has 0 aliphatic carbocycles. The minimum atomic E-state index is -0.628. The number of halogens is 2. The summed E-state index contributed by atoms with van der Waals surface area (Å²) in [6.45, 7) is 2.01. The highest BCUT2D eigenvalue weighted by Gasteiger charge is 2.23. The lowest BCUT2D eigenvalue weighted by Gasteiger charge is -2.20. The van der Waals surface area contributed by atoms with Crippen molar-refractivity contribution < 1.29 is 8.78 Å². The lowest BCUT2D eigenvalue weighted by molar-refractivity contribution is 0.584. The third kappa shape index (κ3) is 6.58. The number of aromatic nitrogens is 4. The second-order valence-electron chi connectivity index (χ2n) is 16.5. The molecule has 12 aromatic rings. The molecule has 0 amide bonds. The average molecular weight is 841 g/mol. The molecule has 0 saturated carbocycles. The Bertz CT molecular complexity index is 3790. The monoisotopic (exact) mass is 840 g/mol. The van der Waals surface area contributed by atoms with Crippen molar-refractivity contribution in [3.63, 3.8) is 0 Å². The Morgan fingerprint density at radius 1 is 0.323 bits per heavy atom. The lowest BCUT2D eigenvalue weighted by Crippen LogP contribution is -2.05. The summed E-state index contributed by atoms with van der Waals surface area (Å²) in [5, 5.41) is 4.35. The van der Waals surface area contributed by atoms with E-state index >= 15 is 8.78 Å². The van der Waals surface area contributed by atoms with Crippen molar-refractivity contribution in [3.05, 3.63) is 230 Å². The van der Waals surface area contributed by atoms with Gasteiger partial charge in [-0.25, -0.2) is 18.7 Å². The van der Waals surface area contributed by atoms with Crippen LogP contribution < -0.4 is 0 Å². The van der Waals surface area contributed by atoms with Gasteiger partial charge in [0, 0.05) is 49.9 Å². The summed E-state index contributed by atoms with van der Waals surface area (Å²) >= 11 is 0. The molecule has 4 aromatic heterocycles. The van der Waals surface area contributed by atoms with E-state index in [1.165, 1.54) is 12.1 Å². The standard InChI is InChI=1S/C59H38F2N4/c1-37-30-58(64-54-24-10-8-18-45(54)47-28-26-40(33-56(47)64)52-22-12-20-50(62-52)38-14-4-2-5-15-38)59(36-49(37)42-31-43(60)35-44(61)32-42)65-55-25-11-9-19-46(55)48-29-27-41(34-57(48)65)53-23-13-21-51(63-53)39-16-6-3-7-17-39/h2-36H,1H3. The minimum Gasteiger partial charge on any atom is -0.307 e. The molecule has 12 rings (SSSR count). The largest absolute Gasteiger partial charge is 0.307 e. The highest BCUT2D eigenvalue weighted by Crippen LogP contribution is 2.42. The van der Waals surface area contributed by atoms with Gasteiger partial charge in [-0.15, -0.1) is 0 Å². The van der Waals surface area contributed by atoms with E-state index in [1.807, 2.05) is 55.5 Å². The normalized spacial score (nSPS) is 11.6. The van der Waals surface area contributed by atoms with Gasteiger partial charge in [0.05, 0.1) is 56.2 Å². The summed E-state index contributed by atoms with van der Waals surface area (Å²) in [7, 11) is 0. The van der Waals surface area contributed by atoms with E-state index in [4.69, 9.17) is 9.97 Å². The molecule has 0 aliphatic heterocycles. The molecule has 4 heterocycles. The number of pyridine rings is 2. The number of nitrogens with zero attached hydrogens (tertiary/aromatic N) is 4. The Morgan fingerprint density at radius 3 is 1.23 bits per heavy atom. The maximum absolute atomic E-state index is 15.1. The Morgan fingerprint density at radius 2 is 0.738 bits per heavy atom. The van der Waals surface area contributed by atoms with Crippen molar-refractivity contribution in [2.75, 3.05) is 0 Å². The second-order valence-corrected chi connectivity index (χ2v) is 16.5. The predicted octanol–water partition coefficient (Wildman–Crippen LogP) is 15.6. The van der Waals surface area contributed by atoms with Gasteiger partial charge in [-0.3, -0.25) is 0 Å². The van der Waals surface area contributed by atoms with E-state index in [1.54, 1.807) is 0 Å². The van der Waals surface area contributed by atoms with E-state index in [0.717, 1.165) is 117 Å². The molecule has 0 radical (unpaired) electrons. The first-order valence-corrected chi connectivity index (χ1v) is 21.7. The fourth-order valence-corrected chi connectivity index (χ4v) is 9.57. The van der Waals surface area contributed by atoms with Crippen LogP contribution in [-0.2, 0) is 0 Å². The first-order chi connectivity index (χ1) is 31.9. The zero-order valence-corrected chi connectivity index (χ0v) is 35.3. The summed E-state index contributed by atoms with van der Waals surface area (Å²) in [4.78, 5) is 10.3. The summed E-state index contributed by atoms with van der Waals surface area (Å²) in [5.74, 6) is -1.26. The quantitative estimate of drug-likeness (QED) is 0.160. The van der Waals surface area contributed by atoms with Crippen LogP contribution in [0.2, 0.25) is 0 Å². The van der Waals surface area contributed by atoms with Crippen LogP contribution >= 0.6 is 0 Å². The van der Waals surface area contributed by atoms with Crippen LogP contribution in [0.25, 0.3) is 111 Å². The average Bonchev–Trinajstić information content (AvgIpc) is 3.86. The molecular formula is C59H38F2N4. The van der Waals surface area contributed by atoms with E-state index in [9.17, 15) is 0 Å². The molecule has 0 bridgehead atoms. The molecule has 6 heteroatoms. The first-order valence-electron chi connectivity index (χ1n) is 21.7. The van der Waals surface area contributed by atoms with Crippen LogP contribution in [0.4, 0.5) is 8.78 Å². The molecule has 0 N–H and O–H groups in total. The molecule has 4 nitrogen and oxygen atoms in total. The number of aryl methyl sites for hydroxylation is 1. The van der Waals surface area contributed by atoms with Crippen LogP contribution in [0, 0.1) is 18.6 Å². The maximum atomic E-state index is 15.1. The lowest BCUT2D eigenvalue weighted by atomic mass is 9.98. The zero-order valence-electron chi connectivity index (χ0n) is 35.3. The highest BCUT2D eigenvalue weighted by molar-refractivity contribution is 6.12. The molecule has 0 saturated heterocycles. The van der Waals surface area contributed by atoms with E-state index in [0.29, 0.717) is 5.56 Å². The molecule has 8 aromatic carbocycles. The van der Waals surface area contributed by atoms with Crippen molar-refractivity contribution in [2.24, 2.45) is 0 Å². The summed E-state index contributed by atoms with van der Waals surface area (Å²) in [6.07, 6.45) is 0. The second kappa shape index (κ2) is 15.4. The summed E-state index contributed by atoms with van der Waals surface area (Å²) in [6, 6.07) is 70.8. The Hall–Kier alpha value is -8.48. The number of hydrogen-bond donors (Lipinski definition) is 0. The number of rotatable bonds is 7. The van der Waals surface area contributed by atoms with Crippen LogP contribution in [-0.4, -0.2) is 19.1 Å². The third-order valence-corrected chi connectivity index (χ3v) is 12.6. The third-order valence-electron chi connectivity index (χ3n) is 12.6. The van der Waals surface area contributed by atoms with Gasteiger partial charge in [0.25, 0.3) is 0 Å². The van der Waals surface area contributed by atoms with Gasteiger partial charge in [-0.2, -0.15) is 0 Å². The van der Waals surface area contributed by atoms with E-state index in [2.05, 4.69) is 155 Å². The fourth-order valence-electron chi connectivity index (χ4n) is 9.57. The number of fused-ring (bicyclic) bond motifs is 6. The van der Waals surface area contributed by atoms with Gasteiger partial charge in [0.2, 0.25) is 0 Å². The summed E-state index contributed by atoms with van der Waals surface area (Å²) < 4.78 is 34.8. The fraction of sp³-hybridized carbons (Fsp3) is 0.0169. The van der Waals surface area contributed by atoms with Crippen LogP contribution in [0.5, 0.6) is 0 Å². The number of benzene rings is 8. The van der Waals surface area contributed by atoms with Crippen molar-refractivity contribution >= 4 is 43.6 Å². The van der Waals surface area contributed by atoms with Gasteiger partial charge in [0.15, 0.2) is 0 Å². The van der Waals surface area contributed by atoms with Crippen LogP contribution in [0.1, 0.15) is 5.56 Å². The van der Waals surface area contributed by atoms with Crippen LogP contribution in [0.15, 0.2) is 212 Å². The van der Waals surface area contributed by atoms with E-state index in [-0.39, 0.29) is 0 Å². The highest BCUT2D eigenvalue weighted by atomic mass is 19.1. The van der Waals surface area contributed by atoms with E-state index < -0.39 is 11.6 Å². The predicted molar refractivity (Wildman–Crippen MR) is 263 cm³/mol. The van der Waals surface area contributed by atoms with Gasteiger partial charge in [0.1, 0.15) is 11.6 Å². The Balaban J connectivity index is 1.15. The Kier molecular flexibility index (Phi) is 9.05. The number of para-hydroxylation sites is 2. The summed E-state index contributed by atoms with van der Waals surface area (Å²) in [5.41, 5.74) is 15.4. The molecule has 308 valence electrons. The first kappa shape index (κ1) is 38.2. The van der Waals surface area contributed by atoms with Crippen LogP contribution in [0.3, 0.4) is 0 Å². The molecule has 0 unspecified atom stereocenters. The molecule has 0 fully saturated rings. The molecule has 0 aliphatic rings. The van der Waals surface area contributed by atoms with Crippen molar-refractivity contribution in [3.8, 4) is 67.5 Å². The van der Waals surface area contributed by atoms with Gasteiger partial charge in [-0.1, -0.05) is 133 Å². The van der Waals surface area contributed by atoms with Crippen molar-refractivity contribution in [1.82, 2.24) is 19.1 Å². The zero-order chi connectivity index (χ0) is 43.6. The van der Waals surface area contributed by atoms with Gasteiger partial charge < -0.3 is 9.13 Å². The van der Waals surface area contributed by atoms with Crippen molar-refractivity contribution in [2.45, 2.75) is 6.92 Å². The Labute approximate surface area is 374 Å². The SMILES string of the molecule is Cc1cc(-n2c3ccccc3c3ccc(-c4cccc(-c5ccccc5)n4)cc32)c(-n2c3ccccc3c3ccc(-c4cccc(-c5ccccc5)n4)cc32)cc1-c1cc(F)cc(F)c1. The minimum absolute atomic E-state index is 0.463. The molecule has 0 atom stereocenters. The molecular weight excluding hydrogens is 803 g/mol. The van der Waals surface area contributed by atoms with Gasteiger partial charge in [-0.05, 0) is 96.4 Å². The maximum Gasteiger partial charge on any atom is 0.126 e. The smallest absolute Gasteiger partial charge is 0.126 e. The molecule has 65 heavy (non-hydrogen) atoms. The number of hydrogen-bond acceptors (Lipinski definition) is 2. The molecule has 0 spiro atoms. The van der Waals surface area contributed by atoms with Gasteiger partial charge >= 0.3 is 0 Å².